The third kappa shape index (κ3) is 3.23. The Morgan fingerprint density at radius 2 is 2.00 bits per heavy atom. The highest BCUT2D eigenvalue weighted by molar-refractivity contribution is 5.32. The minimum absolute atomic E-state index is 0.413. The molecule has 0 saturated carbocycles. The molecule has 1 unspecified atom stereocenters. The van der Waals surface area contributed by atoms with Gasteiger partial charge in [-0.3, -0.25) is 0 Å². The molecule has 1 aromatic heterocycles. The van der Waals surface area contributed by atoms with Gasteiger partial charge in [-0.2, -0.15) is 0 Å². The van der Waals surface area contributed by atoms with E-state index >= 15 is 0 Å². The summed E-state index contributed by atoms with van der Waals surface area (Å²) >= 11 is 0. The van der Waals surface area contributed by atoms with Crippen molar-refractivity contribution < 1.29 is 4.42 Å². The zero-order chi connectivity index (χ0) is 13.0. The molecule has 1 atom stereocenters. The minimum atomic E-state index is 0.413. The summed E-state index contributed by atoms with van der Waals surface area (Å²) in [6.07, 6.45) is 2.66. The molecule has 0 spiro atoms. The van der Waals surface area contributed by atoms with Gasteiger partial charge in [0, 0.05) is 19.0 Å². The van der Waals surface area contributed by atoms with Crippen molar-refractivity contribution >= 4 is 0 Å². The van der Waals surface area contributed by atoms with E-state index in [-0.39, 0.29) is 0 Å². The van der Waals surface area contributed by atoms with Crippen molar-refractivity contribution in [2.75, 3.05) is 0 Å². The van der Waals surface area contributed by atoms with Gasteiger partial charge in [0.1, 0.15) is 5.76 Å². The fourth-order valence-corrected chi connectivity index (χ4v) is 2.09. The molecule has 0 saturated heterocycles. The molecule has 18 heavy (non-hydrogen) atoms. The second-order valence-electron chi connectivity index (χ2n) is 4.92. The van der Waals surface area contributed by atoms with Crippen LogP contribution in [0.5, 0.6) is 0 Å². The van der Waals surface area contributed by atoms with Crippen LogP contribution in [0.25, 0.3) is 0 Å². The van der Waals surface area contributed by atoms with Gasteiger partial charge < -0.3 is 9.73 Å². The summed E-state index contributed by atoms with van der Waals surface area (Å²) in [6.45, 7) is 7.44. The average Bonchev–Trinajstić information content (AvgIpc) is 2.84. The maximum absolute atomic E-state index is 5.36. The Kier molecular flexibility index (Phi) is 4.21. The van der Waals surface area contributed by atoms with Crippen LogP contribution in [0.15, 0.2) is 41.0 Å². The van der Waals surface area contributed by atoms with Crippen LogP contribution in [-0.2, 0) is 13.0 Å². The molecule has 0 aliphatic rings. The van der Waals surface area contributed by atoms with Crippen LogP contribution in [0.2, 0.25) is 0 Å². The van der Waals surface area contributed by atoms with Crippen LogP contribution < -0.4 is 5.32 Å². The molecule has 2 aromatic rings. The van der Waals surface area contributed by atoms with E-state index in [4.69, 9.17) is 4.42 Å². The molecule has 2 rings (SSSR count). The molecule has 1 N–H and O–H groups in total. The van der Waals surface area contributed by atoms with Crippen LogP contribution in [0.4, 0.5) is 0 Å². The van der Waals surface area contributed by atoms with Gasteiger partial charge in [0.25, 0.3) is 0 Å². The van der Waals surface area contributed by atoms with Gasteiger partial charge >= 0.3 is 0 Å². The molecule has 2 nitrogen and oxygen atoms in total. The quantitative estimate of drug-likeness (QED) is 0.867. The second-order valence-corrected chi connectivity index (χ2v) is 4.92. The van der Waals surface area contributed by atoms with E-state index in [1.165, 1.54) is 16.7 Å². The summed E-state index contributed by atoms with van der Waals surface area (Å²) in [5.41, 5.74) is 4.12. The Hall–Kier alpha value is -1.54. The third-order valence-corrected chi connectivity index (χ3v) is 3.45. The first-order chi connectivity index (χ1) is 8.66. The highest BCUT2D eigenvalue weighted by Crippen LogP contribution is 2.13. The fraction of sp³-hybridized carbons (Fsp3) is 0.375. The highest BCUT2D eigenvalue weighted by Gasteiger charge is 2.06. The molecule has 1 heterocycles. The summed E-state index contributed by atoms with van der Waals surface area (Å²) in [4.78, 5) is 0. The molecule has 0 aliphatic heterocycles. The molecule has 0 fully saturated rings. The lowest BCUT2D eigenvalue weighted by atomic mass is 10.0. The predicted octanol–water partition coefficient (Wildman–Crippen LogP) is 3.62. The fourth-order valence-electron chi connectivity index (χ4n) is 2.09. The van der Waals surface area contributed by atoms with E-state index in [2.05, 4.69) is 44.3 Å². The van der Waals surface area contributed by atoms with Gasteiger partial charge in [-0.05, 0) is 49.6 Å². The van der Waals surface area contributed by atoms with Crippen LogP contribution in [-0.4, -0.2) is 6.04 Å². The lowest BCUT2D eigenvalue weighted by molar-refractivity contribution is 0.456. The molecule has 96 valence electrons. The number of rotatable bonds is 5. The van der Waals surface area contributed by atoms with Gasteiger partial charge in [-0.15, -0.1) is 0 Å². The van der Waals surface area contributed by atoms with Gasteiger partial charge in [-0.25, -0.2) is 0 Å². The molecular formula is C16H21NO. The monoisotopic (exact) mass is 243 g/mol. The lowest BCUT2D eigenvalue weighted by Gasteiger charge is -2.14. The van der Waals surface area contributed by atoms with Gasteiger partial charge in [0.15, 0.2) is 0 Å². The predicted molar refractivity (Wildman–Crippen MR) is 74.6 cm³/mol. The maximum Gasteiger partial charge on any atom is 0.105 e. The number of benzene rings is 1. The van der Waals surface area contributed by atoms with E-state index in [0.29, 0.717) is 6.04 Å². The third-order valence-electron chi connectivity index (χ3n) is 3.45. The number of hydrogen-bond acceptors (Lipinski definition) is 2. The molecule has 0 radical (unpaired) electrons. The summed E-state index contributed by atoms with van der Waals surface area (Å²) in [5.74, 6) is 1.04. The average molecular weight is 243 g/mol. The van der Waals surface area contributed by atoms with E-state index in [9.17, 15) is 0 Å². The minimum Gasteiger partial charge on any atom is -0.469 e. The number of hydrogen-bond donors (Lipinski definition) is 1. The van der Waals surface area contributed by atoms with Crippen LogP contribution in [0, 0.1) is 13.8 Å². The summed E-state index contributed by atoms with van der Waals surface area (Å²) in [6, 6.07) is 10.8. The molecular weight excluding hydrogens is 222 g/mol. The lowest BCUT2D eigenvalue weighted by Crippen LogP contribution is -2.27. The van der Waals surface area contributed by atoms with Crippen molar-refractivity contribution in [3.05, 3.63) is 59.0 Å². The Balaban J connectivity index is 1.89. The summed E-state index contributed by atoms with van der Waals surface area (Å²) in [5, 5.41) is 3.55. The van der Waals surface area contributed by atoms with Gasteiger partial charge in [0.05, 0.1) is 6.26 Å². The standard InChI is InChI=1S/C16H21NO/c1-12-6-4-7-15(14(12)3)11-17-13(2)10-16-8-5-9-18-16/h4-9,13,17H,10-11H2,1-3H3. The normalized spacial score (nSPS) is 12.6. The van der Waals surface area contributed by atoms with E-state index < -0.39 is 0 Å². The van der Waals surface area contributed by atoms with Gasteiger partial charge in [0.2, 0.25) is 0 Å². The largest absolute Gasteiger partial charge is 0.469 e. The van der Waals surface area contributed by atoms with E-state index in [0.717, 1.165) is 18.7 Å². The van der Waals surface area contributed by atoms with Crippen molar-refractivity contribution in [2.24, 2.45) is 0 Å². The smallest absolute Gasteiger partial charge is 0.105 e. The molecule has 2 heteroatoms. The highest BCUT2D eigenvalue weighted by atomic mass is 16.3. The maximum atomic E-state index is 5.36. The first kappa shape index (κ1) is 12.9. The first-order valence-corrected chi connectivity index (χ1v) is 6.47. The summed E-state index contributed by atoms with van der Waals surface area (Å²) < 4.78 is 5.36. The van der Waals surface area contributed by atoms with Crippen LogP contribution in [0.3, 0.4) is 0 Å². The van der Waals surface area contributed by atoms with Crippen molar-refractivity contribution in [1.29, 1.82) is 0 Å². The Bertz CT molecular complexity index is 488. The Morgan fingerprint density at radius 3 is 2.72 bits per heavy atom. The second kappa shape index (κ2) is 5.87. The number of aryl methyl sites for hydroxylation is 1. The molecule has 0 amide bonds. The zero-order valence-electron chi connectivity index (χ0n) is 11.4. The van der Waals surface area contributed by atoms with Crippen molar-refractivity contribution in [2.45, 2.75) is 39.8 Å². The van der Waals surface area contributed by atoms with Crippen LogP contribution >= 0.6 is 0 Å². The Labute approximate surface area is 109 Å². The molecule has 0 bridgehead atoms. The Morgan fingerprint density at radius 1 is 1.17 bits per heavy atom. The van der Waals surface area contributed by atoms with Crippen molar-refractivity contribution in [3.63, 3.8) is 0 Å². The molecule has 1 aromatic carbocycles. The zero-order valence-corrected chi connectivity index (χ0v) is 11.4. The van der Waals surface area contributed by atoms with Crippen LogP contribution in [0.1, 0.15) is 29.4 Å². The van der Waals surface area contributed by atoms with Crippen molar-refractivity contribution in [3.8, 4) is 0 Å². The number of furan rings is 1. The van der Waals surface area contributed by atoms with Crippen molar-refractivity contribution in [1.82, 2.24) is 5.32 Å². The van der Waals surface area contributed by atoms with Gasteiger partial charge in [-0.1, -0.05) is 18.2 Å². The summed E-state index contributed by atoms with van der Waals surface area (Å²) in [7, 11) is 0. The topological polar surface area (TPSA) is 25.2 Å². The van der Waals surface area contributed by atoms with E-state index in [1.807, 2.05) is 12.1 Å². The van der Waals surface area contributed by atoms with E-state index in [1.54, 1.807) is 6.26 Å². The first-order valence-electron chi connectivity index (χ1n) is 6.47. The number of nitrogens with one attached hydrogen (secondary N) is 1. The SMILES string of the molecule is Cc1cccc(CNC(C)Cc2ccco2)c1C. The molecule has 0 aliphatic carbocycles.